The number of likely N-dealkylation sites (tertiary alicyclic amines) is 2. The Balaban J connectivity index is 1.05. The number of H-pyrrole nitrogens is 2. The highest BCUT2D eigenvalue weighted by molar-refractivity contribution is 6.07. The topological polar surface area (TPSA) is 195 Å². The van der Waals surface area contributed by atoms with Gasteiger partial charge in [0.25, 0.3) is 0 Å². The van der Waals surface area contributed by atoms with E-state index in [1.165, 1.54) is 21.3 Å². The number of nitrogens with one attached hydrogen (secondary N) is 3. The minimum atomic E-state index is -1.12. The van der Waals surface area contributed by atoms with E-state index < -0.39 is 30.4 Å². The van der Waals surface area contributed by atoms with Gasteiger partial charge < -0.3 is 44.4 Å². The van der Waals surface area contributed by atoms with Crippen molar-refractivity contribution in [2.75, 3.05) is 21.3 Å². The van der Waals surface area contributed by atoms with Crippen molar-refractivity contribution in [1.29, 1.82) is 0 Å². The summed E-state index contributed by atoms with van der Waals surface area (Å²) >= 11 is 0. The number of likely N-dealkylation sites (N-methyl/N-ethyl adjacent to an activating group) is 1. The number of fused-ring (bicyclic) bond motifs is 6. The largest absolute Gasteiger partial charge is 0.488 e. The van der Waals surface area contributed by atoms with Gasteiger partial charge in [0.15, 0.2) is 0 Å². The fraction of sp³-hybridized carbons (Fsp3) is 0.478. The predicted octanol–water partition coefficient (Wildman–Crippen LogP) is 7.55. The molecule has 0 radical (unpaired) electrons. The summed E-state index contributed by atoms with van der Waals surface area (Å²) in [6.45, 7) is 10.0. The van der Waals surface area contributed by atoms with Gasteiger partial charge in [-0.15, -0.1) is 0 Å². The van der Waals surface area contributed by atoms with E-state index in [2.05, 4.69) is 45.6 Å². The summed E-state index contributed by atoms with van der Waals surface area (Å²) in [5.74, 6) is 1.50. The van der Waals surface area contributed by atoms with Crippen LogP contribution in [0.4, 0.5) is 9.59 Å². The van der Waals surface area contributed by atoms with Crippen LogP contribution in [0.2, 0.25) is 0 Å². The average Bonchev–Trinajstić information content (AvgIpc) is 4.09. The third-order valence-electron chi connectivity index (χ3n) is 13.5. The molecule has 3 aliphatic rings. The number of hydrogen-bond donors (Lipinski definition) is 4. The van der Waals surface area contributed by atoms with Crippen LogP contribution in [0.25, 0.3) is 44.2 Å². The van der Waals surface area contributed by atoms with E-state index in [-0.39, 0.29) is 41.9 Å². The molecular formula is C46H56N8O8. The van der Waals surface area contributed by atoms with E-state index in [1.54, 1.807) is 18.0 Å². The van der Waals surface area contributed by atoms with E-state index in [0.29, 0.717) is 37.5 Å². The van der Waals surface area contributed by atoms with Crippen LogP contribution in [-0.4, -0.2) is 115 Å². The first-order valence-electron chi connectivity index (χ1n) is 21.5. The van der Waals surface area contributed by atoms with Crippen LogP contribution < -0.4 is 10.1 Å². The maximum Gasteiger partial charge on any atom is 0.407 e. The molecule has 8 atom stereocenters. The summed E-state index contributed by atoms with van der Waals surface area (Å²) in [7, 11) is 4.23. The fourth-order valence-electron chi connectivity index (χ4n) is 9.68. The Morgan fingerprint density at radius 2 is 1.65 bits per heavy atom. The average molecular weight is 849 g/mol. The first kappa shape index (κ1) is 42.5. The number of imidazole rings is 2. The van der Waals surface area contributed by atoms with Gasteiger partial charge in [0, 0.05) is 37.2 Å². The lowest BCUT2D eigenvalue weighted by Crippen LogP contribution is -2.55. The second kappa shape index (κ2) is 17.0. The van der Waals surface area contributed by atoms with Crippen molar-refractivity contribution in [2.24, 2.45) is 5.92 Å². The molecule has 2 saturated heterocycles. The molecule has 3 aliphatic heterocycles. The summed E-state index contributed by atoms with van der Waals surface area (Å²) in [4.78, 5) is 74.0. The van der Waals surface area contributed by atoms with Crippen LogP contribution in [0.5, 0.6) is 5.75 Å². The molecule has 4 N–H and O–H groups in total. The molecule has 1 unspecified atom stereocenters. The highest BCUT2D eigenvalue weighted by atomic mass is 16.5. The molecule has 2 aromatic heterocycles. The van der Waals surface area contributed by atoms with Gasteiger partial charge in [-0.05, 0) is 98.7 Å². The fourth-order valence-corrected chi connectivity index (χ4v) is 9.68. The maximum atomic E-state index is 14.2. The second-order valence-corrected chi connectivity index (χ2v) is 17.1. The molecule has 328 valence electrons. The number of nitrogens with zero attached hydrogens (tertiary/aromatic N) is 5. The minimum absolute atomic E-state index is 0.0683. The maximum absolute atomic E-state index is 14.2. The van der Waals surface area contributed by atoms with Crippen molar-refractivity contribution in [1.82, 2.24) is 40.0 Å². The lowest BCUT2D eigenvalue weighted by molar-refractivity contribution is -0.141. The highest BCUT2D eigenvalue weighted by Gasteiger charge is 2.44. The third kappa shape index (κ3) is 7.47. The number of methoxy groups -OCH3 is 2. The van der Waals surface area contributed by atoms with Gasteiger partial charge in [-0.3, -0.25) is 14.5 Å². The van der Waals surface area contributed by atoms with Crippen LogP contribution >= 0.6 is 0 Å². The van der Waals surface area contributed by atoms with Crippen LogP contribution in [0.1, 0.15) is 96.0 Å². The smallest absolute Gasteiger partial charge is 0.407 e. The SMILES string of the molecule is CC[C@H](C)C(C(=O)N1[C@@H](C)CC[C@H]1c1nc2c(ccc3cc4c(cc32)OCc2cc(-c3cnc([C@@H]5CC[C@H](C)N5C(=O)[C@@H](NC(=O)OC)[C@@H](C)OC)[nH]3)ccc2-4)[nH]1)N(C)C(=O)O. The van der Waals surface area contributed by atoms with Crippen LogP contribution in [-0.2, 0) is 25.7 Å². The number of alkyl carbamates (subject to hydrolysis) is 1. The van der Waals surface area contributed by atoms with Crippen LogP contribution in [0.15, 0.2) is 48.7 Å². The quantitative estimate of drug-likeness (QED) is 0.103. The number of carbonyl (C=O) groups excluding carboxylic acids is 3. The summed E-state index contributed by atoms with van der Waals surface area (Å²) in [5, 5.41) is 14.4. The monoisotopic (exact) mass is 848 g/mol. The van der Waals surface area contributed by atoms with E-state index in [4.69, 9.17) is 24.2 Å². The summed E-state index contributed by atoms with van der Waals surface area (Å²) in [6.07, 6.45) is 3.04. The number of benzene rings is 3. The normalized spacial score (nSPS) is 21.5. The molecule has 5 heterocycles. The number of carbonyl (C=O) groups is 4. The second-order valence-electron chi connectivity index (χ2n) is 17.1. The van der Waals surface area contributed by atoms with Crippen molar-refractivity contribution in [3.05, 3.63) is 65.9 Å². The van der Waals surface area contributed by atoms with Crippen molar-refractivity contribution in [3.8, 4) is 28.1 Å². The van der Waals surface area contributed by atoms with E-state index >= 15 is 0 Å². The Morgan fingerprint density at radius 3 is 2.32 bits per heavy atom. The zero-order valence-electron chi connectivity index (χ0n) is 36.5. The number of amides is 4. The Labute approximate surface area is 360 Å². The van der Waals surface area contributed by atoms with E-state index in [9.17, 15) is 24.3 Å². The Kier molecular flexibility index (Phi) is 11.6. The van der Waals surface area contributed by atoms with Gasteiger partial charge in [0.2, 0.25) is 11.8 Å². The van der Waals surface area contributed by atoms with Gasteiger partial charge in [0.05, 0.1) is 48.2 Å². The number of aromatic amines is 2. The number of ether oxygens (including phenoxy) is 3. The Hall–Kier alpha value is -6.16. The predicted molar refractivity (Wildman–Crippen MR) is 232 cm³/mol. The van der Waals surface area contributed by atoms with Crippen molar-refractivity contribution < 1.29 is 38.5 Å². The molecule has 8 rings (SSSR count). The molecule has 4 amide bonds. The molecule has 16 heteroatoms. The van der Waals surface area contributed by atoms with Gasteiger partial charge in [-0.2, -0.15) is 0 Å². The number of aromatic nitrogens is 4. The van der Waals surface area contributed by atoms with Crippen LogP contribution in [0.3, 0.4) is 0 Å². The summed E-state index contributed by atoms with van der Waals surface area (Å²) < 4.78 is 16.7. The first-order chi connectivity index (χ1) is 29.7. The molecule has 0 saturated carbocycles. The van der Waals surface area contributed by atoms with Crippen molar-refractivity contribution in [3.63, 3.8) is 0 Å². The van der Waals surface area contributed by atoms with Gasteiger partial charge in [-0.1, -0.05) is 38.5 Å². The Bertz CT molecular complexity index is 2530. The van der Waals surface area contributed by atoms with Crippen molar-refractivity contribution >= 4 is 45.8 Å². The van der Waals surface area contributed by atoms with Crippen molar-refractivity contribution in [2.45, 2.75) is 116 Å². The number of carboxylic acid groups (broad SMARTS) is 1. The lowest BCUT2D eigenvalue weighted by Gasteiger charge is -2.36. The molecule has 16 nitrogen and oxygen atoms in total. The molecule has 5 aromatic rings. The zero-order valence-corrected chi connectivity index (χ0v) is 36.5. The van der Waals surface area contributed by atoms with E-state index in [1.807, 2.05) is 44.7 Å². The lowest BCUT2D eigenvalue weighted by atomic mass is 9.92. The molecule has 0 bridgehead atoms. The third-order valence-corrected chi connectivity index (χ3v) is 13.5. The van der Waals surface area contributed by atoms with Gasteiger partial charge >= 0.3 is 12.2 Å². The molecule has 0 aliphatic carbocycles. The highest BCUT2D eigenvalue weighted by Crippen LogP contribution is 2.44. The van der Waals surface area contributed by atoms with Gasteiger partial charge in [0.1, 0.15) is 36.1 Å². The zero-order chi connectivity index (χ0) is 44.1. The molecule has 0 spiro atoms. The molecular weight excluding hydrogens is 793 g/mol. The minimum Gasteiger partial charge on any atom is -0.488 e. The standard InChI is InChI=1S/C46H56N8O8/c1-9-23(2)40(52(6)46(58)59)44(56)54-25(4)11-17-36(54)42-48-33-15-13-27-19-32-30-14-12-28(18-29(30)22-62-37(32)20-31(27)39(33)50-42)34-21-47-41(49-34)35-16-10-24(3)53(35)43(55)38(26(5)60-7)51-45(57)61-8/h12-15,18-21,23-26,35-36,38,40H,9-11,16-17,22H2,1-8H3,(H,47,49)(H,48,50)(H,51,57)(H,58,59)/t23-,24-,25-,26+,35-,36-,38-,40?/m0/s1. The number of hydrogen-bond acceptors (Lipinski definition) is 9. The first-order valence-corrected chi connectivity index (χ1v) is 21.5. The number of rotatable bonds is 11. The summed E-state index contributed by atoms with van der Waals surface area (Å²) in [6, 6.07) is 12.0. The van der Waals surface area contributed by atoms with E-state index in [0.717, 1.165) is 73.2 Å². The molecule has 3 aromatic carbocycles. The summed E-state index contributed by atoms with van der Waals surface area (Å²) in [5.41, 5.74) is 6.44. The molecule has 2 fully saturated rings. The molecule has 62 heavy (non-hydrogen) atoms. The van der Waals surface area contributed by atoms with Gasteiger partial charge in [-0.25, -0.2) is 19.6 Å². The van der Waals surface area contributed by atoms with Crippen LogP contribution in [0, 0.1) is 5.92 Å². The Morgan fingerprint density at radius 1 is 0.935 bits per heavy atom.